The van der Waals surface area contributed by atoms with E-state index in [1.165, 1.54) is 5.57 Å². The maximum atomic E-state index is 13.7. The Hall–Kier alpha value is -2.14. The first-order chi connectivity index (χ1) is 17.8. The van der Waals surface area contributed by atoms with E-state index in [1.807, 2.05) is 11.8 Å². The molecule has 3 fully saturated rings. The summed E-state index contributed by atoms with van der Waals surface area (Å²) in [5.74, 6) is 0.0581. The van der Waals surface area contributed by atoms with E-state index in [2.05, 4.69) is 46.8 Å². The van der Waals surface area contributed by atoms with Crippen molar-refractivity contribution in [2.24, 2.45) is 28.1 Å². The molecule has 2 N–H and O–H groups in total. The molecule has 208 valence electrons. The Morgan fingerprint density at radius 2 is 1.68 bits per heavy atom. The zero-order valence-corrected chi connectivity index (χ0v) is 24.3. The Bertz CT molecular complexity index is 1170. The molecule has 4 aliphatic carbocycles. The summed E-state index contributed by atoms with van der Waals surface area (Å²) in [5.41, 5.74) is 1.89. The number of aliphatic hydroxyl groups is 2. The van der Waals surface area contributed by atoms with Crippen LogP contribution in [0.1, 0.15) is 99.3 Å². The second-order valence-electron chi connectivity index (χ2n) is 14.0. The number of likely N-dealkylation sites (tertiary alicyclic amines) is 1. The molecular weight excluding hydrogens is 474 g/mol. The maximum Gasteiger partial charge on any atom is 0.228 e. The number of rotatable bonds is 1. The first-order valence-electron chi connectivity index (χ1n) is 14.9. The Morgan fingerprint density at radius 3 is 2.37 bits per heavy atom. The fourth-order valence-electron chi connectivity index (χ4n) is 8.66. The molecule has 5 rings (SSSR count). The van der Waals surface area contributed by atoms with Gasteiger partial charge in [-0.3, -0.25) is 9.59 Å². The Kier molecular flexibility index (Phi) is 6.65. The first-order valence-corrected chi connectivity index (χ1v) is 14.9. The van der Waals surface area contributed by atoms with Crippen molar-refractivity contribution in [3.63, 3.8) is 0 Å². The van der Waals surface area contributed by atoms with Crippen LogP contribution in [0, 0.1) is 28.1 Å². The van der Waals surface area contributed by atoms with Crippen LogP contribution in [0.3, 0.4) is 0 Å². The van der Waals surface area contributed by atoms with Crippen LogP contribution in [-0.4, -0.2) is 45.5 Å². The fraction of sp³-hybridized carbons (Fsp3) is 0.697. The third-order valence-electron chi connectivity index (χ3n) is 11.6. The number of ketones is 1. The molecule has 0 aromatic rings. The number of amides is 1. The molecule has 0 spiro atoms. The summed E-state index contributed by atoms with van der Waals surface area (Å²) in [6, 6.07) is 0. The van der Waals surface area contributed by atoms with Gasteiger partial charge in [-0.2, -0.15) is 0 Å². The van der Waals surface area contributed by atoms with Gasteiger partial charge in [-0.15, -0.1) is 0 Å². The van der Waals surface area contributed by atoms with Gasteiger partial charge in [-0.05, 0) is 99.2 Å². The minimum atomic E-state index is -0.940. The molecule has 0 bridgehead atoms. The van der Waals surface area contributed by atoms with Crippen LogP contribution in [0.15, 0.2) is 46.3 Å². The minimum absolute atomic E-state index is 0.00396. The van der Waals surface area contributed by atoms with Crippen LogP contribution < -0.4 is 0 Å². The third kappa shape index (κ3) is 3.98. The topological polar surface area (TPSA) is 77.8 Å². The molecule has 0 unspecified atom stereocenters. The first kappa shape index (κ1) is 27.4. The molecule has 0 aromatic heterocycles. The normalized spacial score (nSPS) is 41.9. The largest absolute Gasteiger partial charge is 0.504 e. The van der Waals surface area contributed by atoms with Gasteiger partial charge in [0.2, 0.25) is 11.7 Å². The molecule has 1 aliphatic heterocycles. The quantitative estimate of drug-likeness (QED) is 0.408. The van der Waals surface area contributed by atoms with Gasteiger partial charge < -0.3 is 15.1 Å². The van der Waals surface area contributed by atoms with Crippen molar-refractivity contribution in [1.82, 2.24) is 4.90 Å². The van der Waals surface area contributed by atoms with Gasteiger partial charge >= 0.3 is 0 Å². The zero-order chi connectivity index (χ0) is 27.7. The summed E-state index contributed by atoms with van der Waals surface area (Å²) >= 11 is 0. The number of hydrogen-bond acceptors (Lipinski definition) is 4. The van der Waals surface area contributed by atoms with Crippen LogP contribution in [0.2, 0.25) is 0 Å². The molecule has 1 saturated heterocycles. The van der Waals surface area contributed by atoms with Crippen LogP contribution in [0.4, 0.5) is 0 Å². The number of carbonyl (C=O) groups is 2. The van der Waals surface area contributed by atoms with Gasteiger partial charge in [0.25, 0.3) is 0 Å². The lowest BCUT2D eigenvalue weighted by atomic mass is 9.49. The smallest absolute Gasteiger partial charge is 0.228 e. The molecule has 5 heteroatoms. The van der Waals surface area contributed by atoms with Crippen LogP contribution in [-0.2, 0) is 9.59 Å². The van der Waals surface area contributed by atoms with Crippen molar-refractivity contribution in [2.45, 2.75) is 105 Å². The van der Waals surface area contributed by atoms with Crippen LogP contribution in [0.5, 0.6) is 0 Å². The second-order valence-corrected chi connectivity index (χ2v) is 14.0. The molecule has 5 aliphatic rings. The highest BCUT2D eigenvalue weighted by Crippen LogP contribution is 2.61. The molecule has 38 heavy (non-hydrogen) atoms. The lowest BCUT2D eigenvalue weighted by Gasteiger charge is -2.58. The highest BCUT2D eigenvalue weighted by atomic mass is 16.3. The maximum absolute atomic E-state index is 13.7. The van der Waals surface area contributed by atoms with Crippen molar-refractivity contribution < 1.29 is 19.8 Å². The Balaban J connectivity index is 1.50. The van der Waals surface area contributed by atoms with Crippen LogP contribution in [0.25, 0.3) is 0 Å². The van der Waals surface area contributed by atoms with Gasteiger partial charge in [0.1, 0.15) is 0 Å². The van der Waals surface area contributed by atoms with Gasteiger partial charge in [0.15, 0.2) is 5.76 Å². The minimum Gasteiger partial charge on any atom is -0.504 e. The number of nitrogens with zero attached hydrogens (tertiary/aromatic N) is 1. The SMILES string of the molecule is CC1=C(O)C(=O)C=C2C1=CC=C1[C@@H](C)CC[C@@]3(C)CC[C@@](C)(C(=O)N4CCCC4)C[C@@]3(O)[C@H](C)CC[C@@]21C. The molecule has 0 radical (unpaired) electrons. The molecule has 1 heterocycles. The van der Waals surface area contributed by atoms with Crippen molar-refractivity contribution >= 4 is 11.7 Å². The summed E-state index contributed by atoms with van der Waals surface area (Å²) in [6.07, 6.45) is 13.8. The van der Waals surface area contributed by atoms with Crippen molar-refractivity contribution in [2.75, 3.05) is 13.1 Å². The van der Waals surface area contributed by atoms with Gasteiger partial charge in [0, 0.05) is 29.5 Å². The van der Waals surface area contributed by atoms with Gasteiger partial charge in [-0.1, -0.05) is 52.3 Å². The number of fused-ring (bicyclic) bond motifs is 4. The lowest BCUT2D eigenvalue weighted by Crippen LogP contribution is -2.60. The van der Waals surface area contributed by atoms with E-state index in [-0.39, 0.29) is 34.2 Å². The summed E-state index contributed by atoms with van der Waals surface area (Å²) in [5, 5.41) is 23.0. The van der Waals surface area contributed by atoms with Crippen molar-refractivity contribution in [3.8, 4) is 0 Å². The highest BCUT2D eigenvalue weighted by Gasteiger charge is 2.59. The van der Waals surface area contributed by atoms with E-state index in [1.54, 1.807) is 6.08 Å². The van der Waals surface area contributed by atoms with E-state index < -0.39 is 11.0 Å². The standard InChI is InChI=1S/C33H47NO4/c1-21-11-13-31(5)16-15-30(4,29(37)34-17-7-8-18-34)20-33(31,38)22(2)12-14-32(6)25(21)10-9-24-23(3)28(36)27(35)19-26(24)32/h9-10,19,21-22,36,38H,7-8,11-18,20H2,1-6H3/t21-,22+,30+,31-,32+,33+/m0/s1. The molecule has 0 aromatic carbocycles. The van der Waals surface area contributed by atoms with E-state index in [0.29, 0.717) is 17.9 Å². The summed E-state index contributed by atoms with van der Waals surface area (Å²) in [7, 11) is 0. The summed E-state index contributed by atoms with van der Waals surface area (Å²) in [6.45, 7) is 14.6. The van der Waals surface area contributed by atoms with E-state index in [4.69, 9.17) is 0 Å². The highest BCUT2D eigenvalue weighted by molar-refractivity contribution is 6.06. The Labute approximate surface area is 228 Å². The monoisotopic (exact) mass is 521 g/mol. The Morgan fingerprint density at radius 1 is 1.00 bits per heavy atom. The number of aliphatic hydroxyl groups excluding tert-OH is 1. The van der Waals surface area contributed by atoms with E-state index in [0.717, 1.165) is 75.6 Å². The predicted octanol–water partition coefficient (Wildman–Crippen LogP) is 6.60. The molecule has 5 nitrogen and oxygen atoms in total. The summed E-state index contributed by atoms with van der Waals surface area (Å²) in [4.78, 5) is 28.4. The number of carbonyl (C=O) groups excluding carboxylic acids is 2. The third-order valence-corrected chi connectivity index (χ3v) is 11.6. The average Bonchev–Trinajstić information content (AvgIpc) is 3.42. The molecule has 6 atom stereocenters. The predicted molar refractivity (Wildman–Crippen MR) is 150 cm³/mol. The van der Waals surface area contributed by atoms with E-state index >= 15 is 0 Å². The number of allylic oxidation sites excluding steroid dienone is 7. The zero-order valence-electron chi connectivity index (χ0n) is 24.3. The number of hydrogen-bond donors (Lipinski definition) is 2. The lowest BCUT2D eigenvalue weighted by molar-refractivity contribution is -0.189. The van der Waals surface area contributed by atoms with Gasteiger partial charge in [0.05, 0.1) is 5.60 Å². The molecule has 1 amide bonds. The van der Waals surface area contributed by atoms with Crippen molar-refractivity contribution in [3.05, 3.63) is 46.3 Å². The van der Waals surface area contributed by atoms with Gasteiger partial charge in [-0.25, -0.2) is 0 Å². The molecular formula is C33H47NO4. The van der Waals surface area contributed by atoms with Crippen LogP contribution >= 0.6 is 0 Å². The summed E-state index contributed by atoms with van der Waals surface area (Å²) < 4.78 is 0. The molecule has 2 saturated carbocycles. The second kappa shape index (κ2) is 9.21. The van der Waals surface area contributed by atoms with Crippen molar-refractivity contribution in [1.29, 1.82) is 0 Å². The fourth-order valence-corrected chi connectivity index (χ4v) is 8.66. The average molecular weight is 522 g/mol. The van der Waals surface area contributed by atoms with E-state index in [9.17, 15) is 19.8 Å².